The van der Waals surface area contributed by atoms with Crippen LogP contribution in [0.15, 0.2) is 60.7 Å². The molecule has 6 nitrogen and oxygen atoms in total. The van der Waals surface area contributed by atoms with E-state index in [-0.39, 0.29) is 30.3 Å². The number of ether oxygens (including phenoxy) is 1. The average molecular weight is 508 g/mol. The standard InChI is InChI=1S/C24H20ClF2NO5S/c25-20-12-22(27)21(26)11-19(20)17-4-6-18(7-5-17)33-14-16-3-1-2-15(10-16)13-28-23(24(29)30)8-9-34(28,31)32/h1-7,10-12,23H,8-9,13-14H2,(H,29,30)/t23-/m0/s1. The van der Waals surface area contributed by atoms with Crippen molar-refractivity contribution < 1.29 is 31.8 Å². The molecule has 178 valence electrons. The SMILES string of the molecule is O=C(O)[C@@H]1CCS(=O)(=O)N1Cc1cccc(COc2ccc(-c3cc(F)c(F)cc3Cl)cc2)c1. The molecule has 1 aliphatic rings. The van der Waals surface area contributed by atoms with Crippen molar-refractivity contribution in [2.24, 2.45) is 0 Å². The lowest BCUT2D eigenvalue weighted by atomic mass is 10.1. The molecule has 0 bridgehead atoms. The van der Waals surface area contributed by atoms with Gasteiger partial charge < -0.3 is 9.84 Å². The fourth-order valence-electron chi connectivity index (χ4n) is 3.81. The Labute approximate surface area is 200 Å². The first-order valence-corrected chi connectivity index (χ1v) is 12.3. The molecule has 0 radical (unpaired) electrons. The summed E-state index contributed by atoms with van der Waals surface area (Å²) in [6.45, 7) is 0.158. The third kappa shape index (κ3) is 5.22. The maximum atomic E-state index is 13.6. The third-order valence-corrected chi connectivity index (χ3v) is 7.71. The van der Waals surface area contributed by atoms with Crippen LogP contribution in [0, 0.1) is 11.6 Å². The molecule has 0 saturated carbocycles. The molecule has 4 rings (SSSR count). The summed E-state index contributed by atoms with van der Waals surface area (Å²) in [6, 6.07) is 14.7. The first-order valence-electron chi connectivity index (χ1n) is 10.3. The van der Waals surface area contributed by atoms with Gasteiger partial charge in [0.1, 0.15) is 18.4 Å². The number of carbonyl (C=O) groups is 1. The Bertz CT molecular complexity index is 1330. The van der Waals surface area contributed by atoms with Crippen LogP contribution in [-0.4, -0.2) is 35.6 Å². The molecule has 1 aliphatic heterocycles. The van der Waals surface area contributed by atoms with Crippen molar-refractivity contribution in [2.45, 2.75) is 25.6 Å². The number of carboxylic acid groups (broad SMARTS) is 1. The summed E-state index contributed by atoms with van der Waals surface area (Å²) >= 11 is 6.03. The highest BCUT2D eigenvalue weighted by Gasteiger charge is 2.41. The highest BCUT2D eigenvalue weighted by molar-refractivity contribution is 7.89. The second-order valence-electron chi connectivity index (χ2n) is 7.88. The van der Waals surface area contributed by atoms with Gasteiger partial charge in [0.2, 0.25) is 10.0 Å². The van der Waals surface area contributed by atoms with E-state index in [4.69, 9.17) is 16.3 Å². The quantitative estimate of drug-likeness (QED) is 0.462. The molecular formula is C24H20ClF2NO5S. The van der Waals surface area contributed by atoms with Crippen molar-refractivity contribution in [2.75, 3.05) is 5.75 Å². The Morgan fingerprint density at radius 1 is 1.06 bits per heavy atom. The van der Waals surface area contributed by atoms with Gasteiger partial charge in [0.15, 0.2) is 11.6 Å². The van der Waals surface area contributed by atoms with Crippen LogP contribution >= 0.6 is 11.6 Å². The van der Waals surface area contributed by atoms with Gasteiger partial charge in [-0.05, 0) is 47.4 Å². The molecule has 10 heteroatoms. The number of sulfonamides is 1. The Hall–Kier alpha value is -3.01. The van der Waals surface area contributed by atoms with Crippen LogP contribution in [0.1, 0.15) is 17.5 Å². The largest absolute Gasteiger partial charge is 0.489 e. The highest BCUT2D eigenvalue weighted by atomic mass is 35.5. The number of aliphatic carboxylic acids is 1. The van der Waals surface area contributed by atoms with E-state index < -0.39 is 33.7 Å². The first kappa shape index (κ1) is 24.1. The maximum Gasteiger partial charge on any atom is 0.322 e. The van der Waals surface area contributed by atoms with Gasteiger partial charge in [-0.25, -0.2) is 17.2 Å². The summed E-state index contributed by atoms with van der Waals surface area (Å²) in [5, 5.41) is 9.42. The van der Waals surface area contributed by atoms with Crippen molar-refractivity contribution in [3.63, 3.8) is 0 Å². The minimum Gasteiger partial charge on any atom is -0.489 e. The van der Waals surface area contributed by atoms with Crippen molar-refractivity contribution in [3.8, 4) is 16.9 Å². The summed E-state index contributed by atoms with van der Waals surface area (Å²) < 4.78 is 58.2. The molecule has 0 spiro atoms. The van der Waals surface area contributed by atoms with Crippen LogP contribution in [0.5, 0.6) is 5.75 Å². The molecule has 1 N–H and O–H groups in total. The molecule has 0 aliphatic carbocycles. The van der Waals surface area contributed by atoms with Gasteiger partial charge in [0.25, 0.3) is 0 Å². The zero-order valence-electron chi connectivity index (χ0n) is 17.7. The van der Waals surface area contributed by atoms with Gasteiger partial charge in [-0.2, -0.15) is 4.31 Å². The Morgan fingerprint density at radius 3 is 2.44 bits per heavy atom. The molecule has 1 saturated heterocycles. The van der Waals surface area contributed by atoms with Crippen molar-refractivity contribution in [1.29, 1.82) is 0 Å². The first-order chi connectivity index (χ1) is 16.1. The molecule has 1 heterocycles. The van der Waals surface area contributed by atoms with Crippen LogP contribution in [0.25, 0.3) is 11.1 Å². The highest BCUT2D eigenvalue weighted by Crippen LogP contribution is 2.31. The van der Waals surface area contributed by atoms with Crippen molar-refractivity contribution >= 4 is 27.6 Å². The van der Waals surface area contributed by atoms with Gasteiger partial charge in [-0.3, -0.25) is 4.79 Å². The Kier molecular flexibility index (Phi) is 6.88. The van der Waals surface area contributed by atoms with E-state index in [0.29, 0.717) is 22.4 Å². The smallest absolute Gasteiger partial charge is 0.322 e. The second kappa shape index (κ2) is 9.69. The van der Waals surface area contributed by atoms with Crippen LogP contribution in [0.2, 0.25) is 5.02 Å². The van der Waals surface area contributed by atoms with Crippen LogP contribution < -0.4 is 4.74 Å². The molecule has 0 aromatic heterocycles. The summed E-state index contributed by atoms with van der Waals surface area (Å²) in [5.74, 6) is -2.82. The predicted molar refractivity (Wildman–Crippen MR) is 123 cm³/mol. The number of hydrogen-bond donors (Lipinski definition) is 1. The van der Waals surface area contributed by atoms with E-state index in [1.165, 1.54) is 0 Å². The zero-order valence-corrected chi connectivity index (χ0v) is 19.3. The molecule has 3 aromatic rings. The molecular weight excluding hydrogens is 488 g/mol. The number of nitrogens with zero attached hydrogens (tertiary/aromatic N) is 1. The number of hydrogen-bond acceptors (Lipinski definition) is 4. The lowest BCUT2D eigenvalue weighted by molar-refractivity contribution is -0.141. The summed E-state index contributed by atoms with van der Waals surface area (Å²) in [5.41, 5.74) is 2.38. The summed E-state index contributed by atoms with van der Waals surface area (Å²) in [4.78, 5) is 11.4. The fourth-order valence-corrected chi connectivity index (χ4v) is 5.75. The molecule has 3 aromatic carbocycles. The Balaban J connectivity index is 1.43. The predicted octanol–water partition coefficient (Wildman–Crippen LogP) is 4.85. The van der Waals surface area contributed by atoms with Crippen LogP contribution in [0.3, 0.4) is 0 Å². The second-order valence-corrected chi connectivity index (χ2v) is 10.3. The average Bonchev–Trinajstić information content (AvgIpc) is 3.10. The molecule has 0 unspecified atom stereocenters. The van der Waals surface area contributed by atoms with Gasteiger partial charge in [-0.15, -0.1) is 0 Å². The van der Waals surface area contributed by atoms with E-state index in [1.54, 1.807) is 42.5 Å². The Morgan fingerprint density at radius 2 is 1.74 bits per heavy atom. The number of benzene rings is 3. The van der Waals surface area contributed by atoms with E-state index in [0.717, 1.165) is 22.0 Å². The third-order valence-electron chi connectivity index (χ3n) is 5.55. The minimum atomic E-state index is -3.62. The molecule has 1 atom stereocenters. The van der Waals surface area contributed by atoms with Gasteiger partial charge in [0, 0.05) is 12.1 Å². The molecule has 1 fully saturated rings. The lowest BCUT2D eigenvalue weighted by Gasteiger charge is -2.20. The maximum absolute atomic E-state index is 13.6. The minimum absolute atomic E-state index is 0.0309. The van der Waals surface area contributed by atoms with Gasteiger partial charge in [0.05, 0.1) is 10.8 Å². The summed E-state index contributed by atoms with van der Waals surface area (Å²) in [7, 11) is -3.62. The van der Waals surface area contributed by atoms with Crippen molar-refractivity contribution in [1.82, 2.24) is 4.31 Å². The number of carboxylic acids is 1. The number of halogens is 3. The van der Waals surface area contributed by atoms with E-state index in [1.807, 2.05) is 6.07 Å². The van der Waals surface area contributed by atoms with Gasteiger partial charge >= 0.3 is 5.97 Å². The van der Waals surface area contributed by atoms with Crippen LogP contribution in [0.4, 0.5) is 8.78 Å². The van der Waals surface area contributed by atoms with Gasteiger partial charge in [-0.1, -0.05) is 48.0 Å². The van der Waals surface area contributed by atoms with E-state index in [2.05, 4.69) is 0 Å². The zero-order chi connectivity index (χ0) is 24.5. The molecule has 0 amide bonds. The van der Waals surface area contributed by atoms with E-state index in [9.17, 15) is 27.1 Å². The fraction of sp³-hybridized carbons (Fsp3) is 0.208. The number of rotatable bonds is 7. The monoisotopic (exact) mass is 507 g/mol. The molecule has 34 heavy (non-hydrogen) atoms. The normalized spacial score (nSPS) is 17.6. The van der Waals surface area contributed by atoms with Crippen molar-refractivity contribution in [3.05, 3.63) is 88.4 Å². The topological polar surface area (TPSA) is 83.9 Å². The van der Waals surface area contributed by atoms with Crippen LogP contribution in [-0.2, 0) is 28.0 Å². The lowest BCUT2D eigenvalue weighted by Crippen LogP contribution is -2.37. The summed E-state index contributed by atoms with van der Waals surface area (Å²) in [6.07, 6.45) is 0.0617. The van der Waals surface area contributed by atoms with E-state index >= 15 is 0 Å².